The van der Waals surface area contributed by atoms with E-state index in [0.717, 1.165) is 12.2 Å². The van der Waals surface area contributed by atoms with Gasteiger partial charge in [0.2, 0.25) is 5.13 Å². The number of anilines is 2. The van der Waals surface area contributed by atoms with E-state index in [1.54, 1.807) is 31.4 Å². The van der Waals surface area contributed by atoms with Gasteiger partial charge in [-0.05, 0) is 36.1 Å². The molecule has 2 aromatic carbocycles. The van der Waals surface area contributed by atoms with Crippen molar-refractivity contribution in [3.05, 3.63) is 59.1 Å². The van der Waals surface area contributed by atoms with Crippen molar-refractivity contribution in [2.24, 2.45) is 0 Å². The first-order valence-electron chi connectivity index (χ1n) is 9.35. The van der Waals surface area contributed by atoms with Crippen LogP contribution >= 0.6 is 11.3 Å². The van der Waals surface area contributed by atoms with E-state index in [2.05, 4.69) is 40.7 Å². The second-order valence-corrected chi connectivity index (χ2v) is 7.51. The molecule has 3 rings (SSSR count). The number of methoxy groups -OCH3 is 1. The maximum atomic E-state index is 12.2. The molecule has 0 aliphatic heterocycles. The van der Waals surface area contributed by atoms with E-state index in [9.17, 15) is 4.79 Å². The van der Waals surface area contributed by atoms with E-state index in [4.69, 9.17) is 9.47 Å². The molecule has 0 radical (unpaired) electrons. The summed E-state index contributed by atoms with van der Waals surface area (Å²) in [4.78, 5) is 12.2. The Bertz CT molecular complexity index is 960. The normalized spacial score (nSPS) is 11.6. The van der Waals surface area contributed by atoms with Gasteiger partial charge in [0.25, 0.3) is 0 Å². The fraction of sp³-hybridized carbons (Fsp3) is 0.286. The highest BCUT2D eigenvalue weighted by atomic mass is 32.1. The molecular formula is C21H24N4O3S. The molecule has 0 saturated carbocycles. The van der Waals surface area contributed by atoms with Crippen molar-refractivity contribution in [3.63, 3.8) is 0 Å². The molecular weight excluding hydrogens is 388 g/mol. The third-order valence-corrected chi connectivity index (χ3v) is 5.24. The maximum absolute atomic E-state index is 12.2. The first-order chi connectivity index (χ1) is 14.1. The number of nitrogens with one attached hydrogen (secondary N) is 2. The van der Waals surface area contributed by atoms with Gasteiger partial charge in [-0.25, -0.2) is 4.79 Å². The standard InChI is InChI=1S/C21H24N4O3S/c1-4-14(2)17-10-5-6-11-18(17)28-13-19-24-25-21(29-19)23-20(26)22-15-8-7-9-16(12-15)27-3/h5-12,14H,4,13H2,1-3H3,(H2,22,23,25,26). The van der Waals surface area contributed by atoms with Gasteiger partial charge in [0.15, 0.2) is 5.01 Å². The number of para-hydroxylation sites is 1. The Kier molecular flexibility index (Phi) is 7.02. The SMILES string of the molecule is CCC(C)c1ccccc1OCc1nnc(NC(=O)Nc2cccc(OC)c2)s1. The number of benzene rings is 2. The van der Waals surface area contributed by atoms with Crippen LogP contribution in [-0.2, 0) is 6.61 Å². The van der Waals surface area contributed by atoms with E-state index in [-0.39, 0.29) is 0 Å². The number of carbonyl (C=O) groups is 1. The molecule has 0 fully saturated rings. The Balaban J connectivity index is 1.56. The minimum Gasteiger partial charge on any atom is -0.497 e. The molecule has 1 heterocycles. The Labute approximate surface area is 174 Å². The van der Waals surface area contributed by atoms with E-state index in [0.29, 0.717) is 34.1 Å². The fourth-order valence-corrected chi connectivity index (χ4v) is 3.35. The summed E-state index contributed by atoms with van der Waals surface area (Å²) in [6.07, 6.45) is 1.04. The van der Waals surface area contributed by atoms with Gasteiger partial charge >= 0.3 is 6.03 Å². The van der Waals surface area contributed by atoms with Gasteiger partial charge in [0.05, 0.1) is 7.11 Å². The number of hydrogen-bond donors (Lipinski definition) is 2. The number of ether oxygens (including phenoxy) is 2. The zero-order valence-corrected chi connectivity index (χ0v) is 17.5. The van der Waals surface area contributed by atoms with Gasteiger partial charge in [-0.2, -0.15) is 0 Å². The minimum absolute atomic E-state index is 0.296. The lowest BCUT2D eigenvalue weighted by molar-refractivity contribution is 0.262. The molecule has 29 heavy (non-hydrogen) atoms. The molecule has 7 nitrogen and oxygen atoms in total. The van der Waals surface area contributed by atoms with Gasteiger partial charge < -0.3 is 14.8 Å². The molecule has 1 atom stereocenters. The second-order valence-electron chi connectivity index (χ2n) is 6.45. The number of hydrogen-bond acceptors (Lipinski definition) is 6. The van der Waals surface area contributed by atoms with Crippen molar-refractivity contribution in [2.75, 3.05) is 17.7 Å². The van der Waals surface area contributed by atoms with Gasteiger partial charge in [0, 0.05) is 11.8 Å². The van der Waals surface area contributed by atoms with Crippen LogP contribution in [0.4, 0.5) is 15.6 Å². The number of urea groups is 1. The van der Waals surface area contributed by atoms with E-state index in [1.165, 1.54) is 16.9 Å². The first-order valence-corrected chi connectivity index (χ1v) is 10.2. The van der Waals surface area contributed by atoms with Crippen molar-refractivity contribution in [3.8, 4) is 11.5 Å². The summed E-state index contributed by atoms with van der Waals surface area (Å²) in [5.41, 5.74) is 1.80. The third kappa shape index (κ3) is 5.68. The van der Waals surface area contributed by atoms with Crippen LogP contribution in [0.15, 0.2) is 48.5 Å². The van der Waals surface area contributed by atoms with Crippen LogP contribution in [0.1, 0.15) is 36.8 Å². The zero-order chi connectivity index (χ0) is 20.6. The van der Waals surface area contributed by atoms with E-state index < -0.39 is 6.03 Å². The van der Waals surface area contributed by atoms with Crippen LogP contribution in [-0.4, -0.2) is 23.3 Å². The summed E-state index contributed by atoms with van der Waals surface area (Å²) in [5, 5.41) is 14.6. The predicted octanol–water partition coefficient (Wildman–Crippen LogP) is 5.28. The van der Waals surface area contributed by atoms with Gasteiger partial charge in [-0.1, -0.05) is 49.4 Å². The molecule has 0 aliphatic rings. The van der Waals surface area contributed by atoms with Gasteiger partial charge in [-0.3, -0.25) is 5.32 Å². The topological polar surface area (TPSA) is 85.4 Å². The average molecular weight is 413 g/mol. The zero-order valence-electron chi connectivity index (χ0n) is 16.6. The number of aromatic nitrogens is 2. The number of nitrogens with zero attached hydrogens (tertiary/aromatic N) is 2. The largest absolute Gasteiger partial charge is 0.497 e. The monoisotopic (exact) mass is 412 g/mol. The van der Waals surface area contributed by atoms with Crippen LogP contribution in [0.25, 0.3) is 0 Å². The molecule has 8 heteroatoms. The predicted molar refractivity (Wildman–Crippen MR) is 115 cm³/mol. The number of rotatable bonds is 8. The quantitative estimate of drug-likeness (QED) is 0.525. The molecule has 1 aromatic heterocycles. The average Bonchev–Trinajstić information content (AvgIpc) is 3.19. The van der Waals surface area contributed by atoms with E-state index in [1.807, 2.05) is 18.2 Å². The number of carbonyl (C=O) groups excluding carboxylic acids is 1. The molecule has 0 aliphatic carbocycles. The summed E-state index contributed by atoms with van der Waals surface area (Å²) in [6.45, 7) is 4.63. The maximum Gasteiger partial charge on any atom is 0.325 e. The molecule has 1 unspecified atom stereocenters. The third-order valence-electron chi connectivity index (χ3n) is 4.43. The van der Waals surface area contributed by atoms with Crippen LogP contribution in [0, 0.1) is 0 Å². The highest BCUT2D eigenvalue weighted by Crippen LogP contribution is 2.29. The van der Waals surface area contributed by atoms with Crippen LogP contribution in [0.3, 0.4) is 0 Å². The molecule has 0 saturated heterocycles. The lowest BCUT2D eigenvalue weighted by atomic mass is 9.98. The highest BCUT2D eigenvalue weighted by molar-refractivity contribution is 7.15. The van der Waals surface area contributed by atoms with Crippen molar-refractivity contribution in [1.29, 1.82) is 0 Å². The minimum atomic E-state index is -0.399. The van der Waals surface area contributed by atoms with Crippen molar-refractivity contribution >= 4 is 28.2 Å². The van der Waals surface area contributed by atoms with Crippen LogP contribution in [0.2, 0.25) is 0 Å². The molecule has 0 spiro atoms. The van der Waals surface area contributed by atoms with Crippen molar-refractivity contribution < 1.29 is 14.3 Å². The summed E-state index contributed by atoms with van der Waals surface area (Å²) in [5.74, 6) is 1.93. The Morgan fingerprint density at radius 2 is 1.97 bits per heavy atom. The lowest BCUT2D eigenvalue weighted by Crippen LogP contribution is -2.19. The molecule has 2 amide bonds. The highest BCUT2D eigenvalue weighted by Gasteiger charge is 2.12. The summed E-state index contributed by atoms with van der Waals surface area (Å²) >= 11 is 1.27. The Hall–Kier alpha value is -3.13. The molecule has 3 aromatic rings. The molecule has 152 valence electrons. The second kappa shape index (κ2) is 9.88. The summed E-state index contributed by atoms with van der Waals surface area (Å²) in [7, 11) is 1.57. The van der Waals surface area contributed by atoms with Crippen LogP contribution < -0.4 is 20.1 Å². The number of amides is 2. The first kappa shape index (κ1) is 20.6. The summed E-state index contributed by atoms with van der Waals surface area (Å²) < 4.78 is 11.1. The Morgan fingerprint density at radius 3 is 2.76 bits per heavy atom. The van der Waals surface area contributed by atoms with Crippen LogP contribution in [0.5, 0.6) is 11.5 Å². The van der Waals surface area contributed by atoms with Gasteiger partial charge in [-0.15, -0.1) is 10.2 Å². The molecule has 2 N–H and O–H groups in total. The van der Waals surface area contributed by atoms with Gasteiger partial charge in [0.1, 0.15) is 18.1 Å². The Morgan fingerprint density at radius 1 is 1.14 bits per heavy atom. The smallest absolute Gasteiger partial charge is 0.325 e. The molecule has 0 bridgehead atoms. The van der Waals surface area contributed by atoms with Crippen molar-refractivity contribution in [2.45, 2.75) is 32.8 Å². The summed E-state index contributed by atoms with van der Waals surface area (Å²) in [6, 6.07) is 14.7. The van der Waals surface area contributed by atoms with E-state index >= 15 is 0 Å². The lowest BCUT2D eigenvalue weighted by Gasteiger charge is -2.14. The fourth-order valence-electron chi connectivity index (χ4n) is 2.70. The van der Waals surface area contributed by atoms with Crippen molar-refractivity contribution in [1.82, 2.24) is 10.2 Å².